The van der Waals surface area contributed by atoms with Gasteiger partial charge in [-0.2, -0.15) is 0 Å². The summed E-state index contributed by atoms with van der Waals surface area (Å²) in [6.45, 7) is 0.334. The average molecular weight is 339 g/mol. The number of rotatable bonds is 6. The third-order valence-electron chi connectivity index (χ3n) is 2.90. The van der Waals surface area contributed by atoms with E-state index < -0.39 is 10.0 Å². The molecule has 3 heterocycles. The van der Waals surface area contributed by atoms with Crippen LogP contribution in [0.5, 0.6) is 0 Å². The van der Waals surface area contributed by atoms with Gasteiger partial charge in [0.2, 0.25) is 10.0 Å². The molecular formula is C13H13N3O2S3. The fraction of sp³-hybridized carbons (Fsp3) is 0.154. The molecule has 110 valence electrons. The molecule has 8 heteroatoms. The third-order valence-corrected chi connectivity index (χ3v) is 6.63. The van der Waals surface area contributed by atoms with E-state index >= 15 is 0 Å². The molecule has 3 aromatic heterocycles. The van der Waals surface area contributed by atoms with E-state index in [1.54, 1.807) is 35.2 Å². The highest BCUT2D eigenvalue weighted by Gasteiger charge is 2.15. The van der Waals surface area contributed by atoms with Crippen molar-refractivity contribution in [1.29, 1.82) is 0 Å². The fourth-order valence-corrected chi connectivity index (χ4v) is 4.75. The van der Waals surface area contributed by atoms with E-state index in [0.717, 1.165) is 16.3 Å². The van der Waals surface area contributed by atoms with Gasteiger partial charge in [-0.3, -0.25) is 0 Å². The summed E-state index contributed by atoms with van der Waals surface area (Å²) < 4.78 is 27.0. The van der Waals surface area contributed by atoms with Crippen LogP contribution in [0.15, 0.2) is 45.6 Å². The van der Waals surface area contributed by atoms with Gasteiger partial charge >= 0.3 is 0 Å². The molecule has 0 saturated heterocycles. The molecule has 0 radical (unpaired) electrons. The van der Waals surface area contributed by atoms with Gasteiger partial charge in [-0.05, 0) is 22.9 Å². The van der Waals surface area contributed by atoms with Gasteiger partial charge in [0, 0.05) is 18.7 Å². The van der Waals surface area contributed by atoms with E-state index in [0.29, 0.717) is 17.2 Å². The lowest BCUT2D eigenvalue weighted by Crippen LogP contribution is -2.25. The highest BCUT2D eigenvalue weighted by Crippen LogP contribution is 2.25. The second-order valence-electron chi connectivity index (χ2n) is 4.29. The Bertz CT molecular complexity index is 790. The summed E-state index contributed by atoms with van der Waals surface area (Å²) in [7, 11) is -3.40. The molecule has 0 unspecified atom stereocenters. The van der Waals surface area contributed by atoms with Crippen LogP contribution in [0, 0.1) is 0 Å². The van der Waals surface area contributed by atoms with Crippen LogP contribution in [0.1, 0.15) is 5.69 Å². The van der Waals surface area contributed by atoms with Crippen LogP contribution < -0.4 is 4.72 Å². The predicted molar refractivity (Wildman–Crippen MR) is 85.1 cm³/mol. The minimum absolute atomic E-state index is 0.334. The maximum Gasteiger partial charge on any atom is 0.250 e. The standard InChI is InChI=1S/C13H13N3O2S3/c17-21(18,12-4-2-8-20-12)16-6-5-10-13(15-9-14-10)11-3-1-7-19-11/h1-4,7-9,16H,5-6H2,(H,14,15). The van der Waals surface area contributed by atoms with Crippen molar-refractivity contribution < 1.29 is 8.42 Å². The van der Waals surface area contributed by atoms with Crippen LogP contribution in [0.2, 0.25) is 0 Å². The van der Waals surface area contributed by atoms with Crippen molar-refractivity contribution in [3.63, 3.8) is 0 Å². The van der Waals surface area contributed by atoms with Gasteiger partial charge in [0.15, 0.2) is 0 Å². The van der Waals surface area contributed by atoms with Crippen molar-refractivity contribution in [3.05, 3.63) is 47.0 Å². The fourth-order valence-electron chi connectivity index (χ4n) is 1.94. The van der Waals surface area contributed by atoms with Crippen LogP contribution >= 0.6 is 22.7 Å². The topological polar surface area (TPSA) is 74.8 Å². The Labute approximate surface area is 130 Å². The molecule has 0 fully saturated rings. The van der Waals surface area contributed by atoms with Crippen LogP contribution in [-0.2, 0) is 16.4 Å². The number of hydrogen-bond donors (Lipinski definition) is 2. The number of sulfonamides is 1. The molecule has 0 aliphatic rings. The zero-order valence-corrected chi connectivity index (χ0v) is 13.4. The van der Waals surface area contributed by atoms with Gasteiger partial charge in [-0.25, -0.2) is 18.1 Å². The van der Waals surface area contributed by atoms with Crippen LogP contribution in [0.25, 0.3) is 10.6 Å². The lowest BCUT2D eigenvalue weighted by molar-refractivity contribution is 0.583. The SMILES string of the molecule is O=S(=O)(NCCc1[nH]cnc1-c1cccs1)c1cccs1. The number of thiophene rings is 2. The van der Waals surface area contributed by atoms with Gasteiger partial charge in [0.25, 0.3) is 0 Å². The second kappa shape index (κ2) is 6.10. The first-order valence-corrected chi connectivity index (χ1v) is 9.50. The Balaban J connectivity index is 1.66. The summed E-state index contributed by atoms with van der Waals surface area (Å²) in [5.41, 5.74) is 1.83. The van der Waals surface area contributed by atoms with E-state index in [-0.39, 0.29) is 0 Å². The quantitative estimate of drug-likeness (QED) is 0.725. The zero-order chi connectivity index (χ0) is 14.7. The highest BCUT2D eigenvalue weighted by molar-refractivity contribution is 7.91. The first-order valence-electron chi connectivity index (χ1n) is 6.26. The van der Waals surface area contributed by atoms with Gasteiger partial charge in [-0.15, -0.1) is 22.7 Å². The number of hydrogen-bond acceptors (Lipinski definition) is 5. The Kier molecular flexibility index (Phi) is 4.20. The Morgan fingerprint density at radius 3 is 2.71 bits per heavy atom. The maximum absolute atomic E-state index is 12.0. The minimum atomic E-state index is -3.40. The van der Waals surface area contributed by atoms with E-state index in [1.165, 1.54) is 11.3 Å². The van der Waals surface area contributed by atoms with E-state index in [4.69, 9.17) is 0 Å². The summed E-state index contributed by atoms with van der Waals surface area (Å²) in [5, 5.41) is 3.74. The largest absolute Gasteiger partial charge is 0.348 e. The lowest BCUT2D eigenvalue weighted by atomic mass is 10.2. The number of nitrogens with zero attached hydrogens (tertiary/aromatic N) is 1. The van der Waals surface area contributed by atoms with Gasteiger partial charge in [0.1, 0.15) is 9.90 Å². The summed E-state index contributed by atoms with van der Waals surface area (Å²) in [5.74, 6) is 0. The molecule has 21 heavy (non-hydrogen) atoms. The number of aromatic nitrogens is 2. The lowest BCUT2D eigenvalue weighted by Gasteiger charge is -2.04. The Morgan fingerprint density at radius 2 is 2.00 bits per heavy atom. The number of H-pyrrole nitrogens is 1. The van der Waals surface area contributed by atoms with E-state index in [9.17, 15) is 8.42 Å². The summed E-state index contributed by atoms with van der Waals surface area (Å²) in [4.78, 5) is 8.46. The molecule has 5 nitrogen and oxygen atoms in total. The first kappa shape index (κ1) is 14.5. The zero-order valence-electron chi connectivity index (χ0n) is 10.9. The molecule has 3 aromatic rings. The second-order valence-corrected chi connectivity index (χ2v) is 8.18. The number of nitrogens with one attached hydrogen (secondary N) is 2. The van der Waals surface area contributed by atoms with Crippen molar-refractivity contribution in [1.82, 2.24) is 14.7 Å². The molecule has 0 aliphatic carbocycles. The molecule has 0 aliphatic heterocycles. The normalized spacial score (nSPS) is 11.8. The molecule has 2 N–H and O–H groups in total. The molecule has 0 spiro atoms. The Hall–Kier alpha value is -1.48. The Morgan fingerprint density at radius 1 is 1.19 bits per heavy atom. The molecule has 0 aromatic carbocycles. The summed E-state index contributed by atoms with van der Waals surface area (Å²) in [6.07, 6.45) is 2.20. The molecule has 0 amide bonds. The van der Waals surface area contributed by atoms with Crippen molar-refractivity contribution in [2.24, 2.45) is 0 Å². The van der Waals surface area contributed by atoms with Gasteiger partial charge < -0.3 is 4.98 Å². The summed E-state index contributed by atoms with van der Waals surface area (Å²) in [6, 6.07) is 7.29. The number of imidazole rings is 1. The van der Waals surface area contributed by atoms with Crippen LogP contribution in [0.3, 0.4) is 0 Å². The maximum atomic E-state index is 12.0. The van der Waals surface area contributed by atoms with Crippen LogP contribution in [0.4, 0.5) is 0 Å². The van der Waals surface area contributed by atoms with E-state index in [1.807, 2.05) is 17.5 Å². The third kappa shape index (κ3) is 3.24. The molecular weight excluding hydrogens is 326 g/mol. The van der Waals surface area contributed by atoms with Crippen molar-refractivity contribution in [2.45, 2.75) is 10.6 Å². The number of aromatic amines is 1. The predicted octanol–water partition coefficient (Wildman–Crippen LogP) is 2.72. The average Bonchev–Trinajstić information content (AvgIpc) is 3.20. The monoisotopic (exact) mass is 339 g/mol. The van der Waals surface area contributed by atoms with Crippen LogP contribution in [-0.4, -0.2) is 24.9 Å². The molecule has 0 bridgehead atoms. The molecule has 0 saturated carbocycles. The molecule has 3 rings (SSSR count). The first-order chi connectivity index (χ1) is 10.2. The van der Waals surface area contributed by atoms with Gasteiger partial charge in [-0.1, -0.05) is 12.1 Å². The van der Waals surface area contributed by atoms with E-state index in [2.05, 4.69) is 14.7 Å². The smallest absolute Gasteiger partial charge is 0.250 e. The highest BCUT2D eigenvalue weighted by atomic mass is 32.2. The van der Waals surface area contributed by atoms with Crippen molar-refractivity contribution in [3.8, 4) is 10.6 Å². The molecule has 0 atom stereocenters. The van der Waals surface area contributed by atoms with Gasteiger partial charge in [0.05, 0.1) is 11.2 Å². The summed E-state index contributed by atoms with van der Waals surface area (Å²) >= 11 is 2.82. The van der Waals surface area contributed by atoms with Crippen molar-refractivity contribution in [2.75, 3.05) is 6.54 Å². The van der Waals surface area contributed by atoms with Crippen molar-refractivity contribution >= 4 is 32.7 Å². The minimum Gasteiger partial charge on any atom is -0.348 e.